The molecule has 2 aromatic heterocycles. The van der Waals surface area contributed by atoms with Crippen molar-refractivity contribution in [3.05, 3.63) is 64.3 Å². The maximum Gasteiger partial charge on any atom is 0.340 e. The van der Waals surface area contributed by atoms with Crippen LogP contribution in [0.25, 0.3) is 11.3 Å². The average molecular weight is 630 g/mol. The van der Waals surface area contributed by atoms with Gasteiger partial charge in [-0.05, 0) is 12.0 Å². The molecular weight excluding hydrogens is 598 g/mol. The lowest BCUT2D eigenvalue weighted by atomic mass is 10.1. The normalized spacial score (nSPS) is 22.8. The van der Waals surface area contributed by atoms with E-state index in [0.29, 0.717) is 0 Å². The van der Waals surface area contributed by atoms with Gasteiger partial charge in [0.25, 0.3) is 0 Å². The number of hydrogen-bond acceptors (Lipinski definition) is 11. The van der Waals surface area contributed by atoms with Crippen molar-refractivity contribution < 1.29 is 48.1 Å². The van der Waals surface area contributed by atoms with Gasteiger partial charge in [-0.2, -0.15) is 0 Å². The van der Waals surface area contributed by atoms with Crippen LogP contribution in [-0.4, -0.2) is 79.8 Å². The standard InChI is InChI=1S/C23H32N6O11P2/c1-3-9-28-11-17(24-26-28)16-6-4-15(5-7-16)12-38-25-19-8-10-29(23(32)27(19)2)22-21(31)20(30)18(40-22)13-39-42(36,37)14-41(33,34)35/h4-8,10-11,18,20-22,30-31H,3,9,12-14H2,1-2H3,(H,36,37)(H2,33,34,35)/b25-19-/t18-,20?,21+,22-/m1/s1. The van der Waals surface area contributed by atoms with Crippen molar-refractivity contribution in [1.29, 1.82) is 0 Å². The highest BCUT2D eigenvalue weighted by molar-refractivity contribution is 7.70. The molecule has 0 saturated carbocycles. The van der Waals surface area contributed by atoms with E-state index in [1.807, 2.05) is 30.5 Å². The molecule has 230 valence electrons. The Bertz CT molecular complexity index is 1600. The van der Waals surface area contributed by atoms with Crippen LogP contribution in [-0.2, 0) is 43.4 Å². The molecule has 1 aliphatic rings. The Kier molecular flexibility index (Phi) is 9.98. The van der Waals surface area contributed by atoms with Gasteiger partial charge in [-0.15, -0.1) is 5.10 Å². The first-order chi connectivity index (χ1) is 19.8. The van der Waals surface area contributed by atoms with Gasteiger partial charge in [0, 0.05) is 31.4 Å². The summed E-state index contributed by atoms with van der Waals surface area (Å²) in [6.07, 6.45) is -1.95. The fourth-order valence-corrected chi connectivity index (χ4v) is 6.72. The molecule has 0 bridgehead atoms. The summed E-state index contributed by atoms with van der Waals surface area (Å²) in [5.41, 5.74) is 1.93. The van der Waals surface area contributed by atoms with Crippen LogP contribution >= 0.6 is 15.2 Å². The van der Waals surface area contributed by atoms with Crippen molar-refractivity contribution in [2.45, 2.75) is 51.0 Å². The van der Waals surface area contributed by atoms with Crippen molar-refractivity contribution in [1.82, 2.24) is 24.1 Å². The van der Waals surface area contributed by atoms with Crippen LogP contribution in [0, 0.1) is 0 Å². The Morgan fingerprint density at radius 3 is 2.48 bits per heavy atom. The summed E-state index contributed by atoms with van der Waals surface area (Å²) in [5, 5.41) is 33.0. The topological polar surface area (TPSA) is 233 Å². The number of hydrogen-bond donors (Lipinski definition) is 5. The van der Waals surface area contributed by atoms with Gasteiger partial charge in [0.05, 0.1) is 12.8 Å². The third-order valence-corrected chi connectivity index (χ3v) is 9.74. The highest BCUT2D eigenvalue weighted by Gasteiger charge is 2.45. The van der Waals surface area contributed by atoms with E-state index >= 15 is 0 Å². The Morgan fingerprint density at radius 2 is 1.81 bits per heavy atom. The van der Waals surface area contributed by atoms with Crippen molar-refractivity contribution in [3.8, 4) is 11.3 Å². The Labute approximate surface area is 238 Å². The molecule has 1 saturated heterocycles. The first-order valence-electron chi connectivity index (χ1n) is 12.7. The highest BCUT2D eigenvalue weighted by atomic mass is 31.2. The minimum Gasteiger partial charge on any atom is -0.389 e. The maximum absolute atomic E-state index is 13.0. The van der Waals surface area contributed by atoms with Crippen molar-refractivity contribution >= 4 is 15.2 Å². The average Bonchev–Trinajstić information content (AvgIpc) is 3.49. The smallest absolute Gasteiger partial charge is 0.340 e. The lowest BCUT2D eigenvalue weighted by molar-refractivity contribution is -0.0530. The molecule has 1 aliphatic heterocycles. The van der Waals surface area contributed by atoms with Gasteiger partial charge < -0.3 is 39.0 Å². The van der Waals surface area contributed by atoms with Crippen molar-refractivity contribution in [2.24, 2.45) is 12.2 Å². The molecule has 5 N–H and O–H groups in total. The predicted octanol–water partition coefficient (Wildman–Crippen LogP) is -0.156. The zero-order chi connectivity index (χ0) is 30.7. The number of rotatable bonds is 12. The summed E-state index contributed by atoms with van der Waals surface area (Å²) in [6, 6.07) is 8.90. The quantitative estimate of drug-likeness (QED) is 0.130. The monoisotopic (exact) mass is 630 g/mol. The lowest BCUT2D eigenvalue weighted by Crippen LogP contribution is -2.42. The molecule has 4 rings (SSSR count). The molecule has 1 aromatic carbocycles. The van der Waals surface area contributed by atoms with Gasteiger partial charge in [0.15, 0.2) is 17.6 Å². The molecule has 3 aromatic rings. The van der Waals surface area contributed by atoms with Gasteiger partial charge in [-0.1, -0.05) is 41.6 Å². The molecule has 5 atom stereocenters. The lowest BCUT2D eigenvalue weighted by Gasteiger charge is -2.19. The van der Waals surface area contributed by atoms with Crippen LogP contribution in [0.15, 0.2) is 52.7 Å². The second-order valence-corrected chi connectivity index (χ2v) is 13.6. The van der Waals surface area contributed by atoms with Gasteiger partial charge in [-0.25, -0.2) is 4.79 Å². The largest absolute Gasteiger partial charge is 0.389 e. The molecule has 17 nitrogen and oxygen atoms in total. The number of aromatic nitrogens is 5. The molecule has 42 heavy (non-hydrogen) atoms. The van der Waals surface area contributed by atoms with Crippen LogP contribution in [0.1, 0.15) is 25.1 Å². The fourth-order valence-electron chi connectivity index (χ4n) is 4.15. The number of ether oxygens (including phenoxy) is 1. The molecule has 0 spiro atoms. The Hall–Kier alpha value is -2.98. The summed E-state index contributed by atoms with van der Waals surface area (Å²) in [6.45, 7) is 2.18. The number of aliphatic hydroxyl groups excluding tert-OH is 2. The van der Waals surface area contributed by atoms with E-state index in [9.17, 15) is 29.0 Å². The minimum atomic E-state index is -4.86. The third kappa shape index (κ3) is 7.89. The molecule has 0 amide bonds. The zero-order valence-electron chi connectivity index (χ0n) is 22.6. The van der Waals surface area contributed by atoms with E-state index in [-0.39, 0.29) is 12.1 Å². The van der Waals surface area contributed by atoms with Gasteiger partial charge in [-0.3, -0.25) is 22.9 Å². The first-order valence-corrected chi connectivity index (χ1v) is 16.3. The minimum absolute atomic E-state index is 0.112. The van der Waals surface area contributed by atoms with Gasteiger partial charge in [0.2, 0.25) is 0 Å². The second kappa shape index (κ2) is 13.1. The molecule has 1 fully saturated rings. The van der Waals surface area contributed by atoms with Crippen LogP contribution in [0.2, 0.25) is 0 Å². The van der Waals surface area contributed by atoms with E-state index in [1.54, 1.807) is 4.68 Å². The number of aliphatic hydroxyl groups is 2. The van der Waals surface area contributed by atoms with Gasteiger partial charge >= 0.3 is 20.9 Å². The van der Waals surface area contributed by atoms with E-state index in [2.05, 4.69) is 26.9 Å². The molecule has 0 radical (unpaired) electrons. The van der Waals surface area contributed by atoms with Crippen LogP contribution in [0.5, 0.6) is 0 Å². The third-order valence-electron chi connectivity index (χ3n) is 6.28. The van der Waals surface area contributed by atoms with E-state index in [4.69, 9.17) is 19.4 Å². The van der Waals surface area contributed by atoms with E-state index in [1.165, 1.54) is 19.3 Å². The summed E-state index contributed by atoms with van der Waals surface area (Å²) >= 11 is 0. The van der Waals surface area contributed by atoms with Crippen molar-refractivity contribution in [2.75, 3.05) is 12.5 Å². The van der Waals surface area contributed by atoms with Crippen molar-refractivity contribution in [3.63, 3.8) is 0 Å². The molecule has 0 aliphatic carbocycles. The summed E-state index contributed by atoms with van der Waals surface area (Å²) in [5.74, 6) is -1.43. The molecule has 3 heterocycles. The maximum atomic E-state index is 13.0. The fraction of sp³-hybridized carbons (Fsp3) is 0.478. The number of aryl methyl sites for hydroxylation is 1. The Morgan fingerprint density at radius 1 is 1.10 bits per heavy atom. The molecule has 2 unspecified atom stereocenters. The Balaban J connectivity index is 1.39. The summed E-state index contributed by atoms with van der Waals surface area (Å²) in [7, 11) is -8.17. The number of benzene rings is 1. The van der Waals surface area contributed by atoms with Crippen LogP contribution < -0.4 is 11.2 Å². The summed E-state index contributed by atoms with van der Waals surface area (Å²) in [4.78, 5) is 45.8. The second-order valence-electron chi connectivity index (χ2n) is 9.64. The van der Waals surface area contributed by atoms with Crippen LogP contribution in [0.3, 0.4) is 0 Å². The SMILES string of the molecule is CCCn1cc(-c2ccc(CO/N=c3/ccn([C@@H]4O[C@H](COP(=O)(O)CP(=O)(O)O)C(O)[C@@H]4O)c(=O)n3C)cc2)nn1. The highest BCUT2D eigenvalue weighted by Crippen LogP contribution is 2.55. The molecule has 19 heteroatoms. The zero-order valence-corrected chi connectivity index (χ0v) is 24.4. The van der Waals surface area contributed by atoms with E-state index < -0.39 is 57.9 Å². The summed E-state index contributed by atoms with van der Waals surface area (Å²) < 4.78 is 37.0. The first kappa shape index (κ1) is 31.9. The molecular formula is C23H32N6O11P2. The van der Waals surface area contributed by atoms with Crippen LogP contribution in [0.4, 0.5) is 0 Å². The predicted molar refractivity (Wildman–Crippen MR) is 144 cm³/mol. The number of nitrogens with zero attached hydrogens (tertiary/aromatic N) is 6. The van der Waals surface area contributed by atoms with E-state index in [0.717, 1.165) is 38.9 Å². The van der Waals surface area contributed by atoms with Gasteiger partial charge in [0.1, 0.15) is 30.6 Å².